The van der Waals surface area contributed by atoms with Crippen molar-refractivity contribution in [3.8, 4) is 5.75 Å². The summed E-state index contributed by atoms with van der Waals surface area (Å²) in [6, 6.07) is 6.43. The molecular weight excluding hydrogens is 354 g/mol. The molecule has 0 saturated heterocycles. The van der Waals surface area contributed by atoms with Crippen molar-refractivity contribution in [1.29, 1.82) is 0 Å². The standard InChI is InChI=1S/C14H8BrClF2O2/c1-20-11-6-7(16)2-3-8(11)14(19)12-10(17)5-4-9(15)13(12)18/h2-6H,1H3. The van der Waals surface area contributed by atoms with Crippen LogP contribution in [0.25, 0.3) is 0 Å². The highest BCUT2D eigenvalue weighted by Gasteiger charge is 2.23. The van der Waals surface area contributed by atoms with Gasteiger partial charge in [-0.1, -0.05) is 11.6 Å². The number of benzene rings is 2. The molecule has 0 bridgehead atoms. The number of rotatable bonds is 3. The van der Waals surface area contributed by atoms with E-state index in [1.807, 2.05) is 0 Å². The molecule has 0 aliphatic heterocycles. The zero-order chi connectivity index (χ0) is 14.9. The molecule has 6 heteroatoms. The summed E-state index contributed by atoms with van der Waals surface area (Å²) in [6.07, 6.45) is 0. The van der Waals surface area contributed by atoms with Crippen LogP contribution < -0.4 is 4.74 Å². The van der Waals surface area contributed by atoms with Gasteiger partial charge >= 0.3 is 0 Å². The highest BCUT2D eigenvalue weighted by Crippen LogP contribution is 2.29. The number of hydrogen-bond donors (Lipinski definition) is 0. The molecule has 0 aliphatic rings. The molecule has 0 unspecified atom stereocenters. The van der Waals surface area contributed by atoms with Crippen molar-refractivity contribution in [2.45, 2.75) is 0 Å². The van der Waals surface area contributed by atoms with Crippen molar-refractivity contribution >= 4 is 33.3 Å². The summed E-state index contributed by atoms with van der Waals surface area (Å²) in [5, 5.41) is 0.355. The summed E-state index contributed by atoms with van der Waals surface area (Å²) < 4.78 is 32.7. The van der Waals surface area contributed by atoms with E-state index in [1.165, 1.54) is 31.4 Å². The Morgan fingerprint density at radius 1 is 1.25 bits per heavy atom. The Hall–Kier alpha value is -1.46. The first-order valence-corrected chi connectivity index (χ1v) is 6.64. The summed E-state index contributed by atoms with van der Waals surface area (Å²) >= 11 is 8.71. The maximum atomic E-state index is 13.9. The third kappa shape index (κ3) is 2.69. The number of methoxy groups -OCH3 is 1. The van der Waals surface area contributed by atoms with E-state index in [4.69, 9.17) is 16.3 Å². The summed E-state index contributed by atoms with van der Waals surface area (Å²) in [6.45, 7) is 0. The molecule has 2 nitrogen and oxygen atoms in total. The van der Waals surface area contributed by atoms with Gasteiger partial charge in [-0.05, 0) is 46.3 Å². The Morgan fingerprint density at radius 3 is 2.60 bits per heavy atom. The molecule has 104 valence electrons. The van der Waals surface area contributed by atoms with Gasteiger partial charge in [0.1, 0.15) is 11.6 Å². The Morgan fingerprint density at radius 2 is 1.95 bits per heavy atom. The second kappa shape index (κ2) is 5.89. The largest absolute Gasteiger partial charge is 0.496 e. The quantitative estimate of drug-likeness (QED) is 0.589. The van der Waals surface area contributed by atoms with Crippen LogP contribution >= 0.6 is 27.5 Å². The average molecular weight is 362 g/mol. The molecule has 2 rings (SSSR count). The number of hydrogen-bond acceptors (Lipinski definition) is 2. The predicted octanol–water partition coefficient (Wildman–Crippen LogP) is 4.62. The lowest BCUT2D eigenvalue weighted by Crippen LogP contribution is -2.09. The van der Waals surface area contributed by atoms with Crippen molar-refractivity contribution in [2.75, 3.05) is 7.11 Å². The fourth-order valence-electron chi connectivity index (χ4n) is 1.72. The molecule has 0 atom stereocenters. The molecule has 0 radical (unpaired) electrons. The van der Waals surface area contributed by atoms with E-state index in [-0.39, 0.29) is 15.8 Å². The van der Waals surface area contributed by atoms with Crippen LogP contribution in [0.3, 0.4) is 0 Å². The molecule has 0 aliphatic carbocycles. The number of halogens is 4. The first-order chi connectivity index (χ1) is 9.45. The number of ether oxygens (including phenoxy) is 1. The second-order valence-electron chi connectivity index (χ2n) is 3.89. The Kier molecular flexibility index (Phi) is 4.40. The summed E-state index contributed by atoms with van der Waals surface area (Å²) in [5.41, 5.74) is -0.604. The maximum Gasteiger partial charge on any atom is 0.202 e. The zero-order valence-corrected chi connectivity index (χ0v) is 12.6. The summed E-state index contributed by atoms with van der Waals surface area (Å²) in [4.78, 5) is 12.3. The molecule has 0 saturated carbocycles. The van der Waals surface area contributed by atoms with Crippen molar-refractivity contribution in [3.63, 3.8) is 0 Å². The highest BCUT2D eigenvalue weighted by atomic mass is 79.9. The van der Waals surface area contributed by atoms with E-state index >= 15 is 0 Å². The van der Waals surface area contributed by atoms with Crippen LogP contribution in [-0.4, -0.2) is 12.9 Å². The van der Waals surface area contributed by atoms with Crippen LogP contribution in [0.4, 0.5) is 8.78 Å². The lowest BCUT2D eigenvalue weighted by Gasteiger charge is -2.10. The predicted molar refractivity (Wildman–Crippen MR) is 75.5 cm³/mol. The lowest BCUT2D eigenvalue weighted by molar-refractivity contribution is 0.102. The van der Waals surface area contributed by atoms with Gasteiger partial charge in [-0.2, -0.15) is 0 Å². The van der Waals surface area contributed by atoms with E-state index in [0.717, 1.165) is 6.07 Å². The van der Waals surface area contributed by atoms with Crippen LogP contribution in [-0.2, 0) is 0 Å². The molecule has 0 fully saturated rings. The second-order valence-corrected chi connectivity index (χ2v) is 5.18. The Bertz CT molecular complexity index is 689. The maximum absolute atomic E-state index is 13.9. The van der Waals surface area contributed by atoms with E-state index in [9.17, 15) is 13.6 Å². The van der Waals surface area contributed by atoms with Crippen molar-refractivity contribution < 1.29 is 18.3 Å². The number of ketones is 1. The van der Waals surface area contributed by atoms with Gasteiger partial charge in [-0.3, -0.25) is 4.79 Å². The van der Waals surface area contributed by atoms with Gasteiger partial charge in [0.2, 0.25) is 5.78 Å². The topological polar surface area (TPSA) is 26.3 Å². The Balaban J connectivity index is 2.61. The molecule has 20 heavy (non-hydrogen) atoms. The number of carbonyl (C=O) groups is 1. The summed E-state index contributed by atoms with van der Waals surface area (Å²) in [5.74, 6) is -2.55. The molecule has 0 aromatic heterocycles. The zero-order valence-electron chi connectivity index (χ0n) is 10.2. The average Bonchev–Trinajstić information content (AvgIpc) is 2.43. The van der Waals surface area contributed by atoms with E-state index in [0.29, 0.717) is 5.02 Å². The van der Waals surface area contributed by atoms with E-state index in [1.54, 1.807) is 0 Å². The first kappa shape index (κ1) is 14.9. The van der Waals surface area contributed by atoms with Crippen LogP contribution in [0, 0.1) is 11.6 Å². The van der Waals surface area contributed by atoms with E-state index < -0.39 is 23.0 Å². The lowest BCUT2D eigenvalue weighted by atomic mass is 10.0. The van der Waals surface area contributed by atoms with Crippen molar-refractivity contribution in [3.05, 3.63) is 62.6 Å². The van der Waals surface area contributed by atoms with Gasteiger partial charge in [0.15, 0.2) is 5.82 Å². The normalized spacial score (nSPS) is 10.4. The Labute approximate surface area is 127 Å². The van der Waals surface area contributed by atoms with Gasteiger partial charge in [0.25, 0.3) is 0 Å². The molecule has 0 N–H and O–H groups in total. The van der Waals surface area contributed by atoms with Gasteiger partial charge in [-0.15, -0.1) is 0 Å². The minimum atomic E-state index is -0.952. The molecular formula is C14H8BrClF2O2. The smallest absolute Gasteiger partial charge is 0.202 e. The molecule has 2 aromatic rings. The third-order valence-electron chi connectivity index (χ3n) is 2.68. The third-order valence-corrected chi connectivity index (χ3v) is 3.53. The fourth-order valence-corrected chi connectivity index (χ4v) is 2.22. The van der Waals surface area contributed by atoms with Crippen LogP contribution in [0.1, 0.15) is 15.9 Å². The van der Waals surface area contributed by atoms with Crippen LogP contribution in [0.5, 0.6) is 5.75 Å². The molecule has 0 spiro atoms. The number of carbonyl (C=O) groups excluding carboxylic acids is 1. The van der Waals surface area contributed by atoms with E-state index in [2.05, 4.69) is 15.9 Å². The minimum Gasteiger partial charge on any atom is -0.496 e. The fraction of sp³-hybridized carbons (Fsp3) is 0.0714. The van der Waals surface area contributed by atoms with Gasteiger partial charge < -0.3 is 4.74 Å². The van der Waals surface area contributed by atoms with Crippen LogP contribution in [0.2, 0.25) is 5.02 Å². The van der Waals surface area contributed by atoms with Gasteiger partial charge in [0.05, 0.1) is 22.7 Å². The first-order valence-electron chi connectivity index (χ1n) is 5.47. The van der Waals surface area contributed by atoms with Crippen molar-refractivity contribution in [2.24, 2.45) is 0 Å². The van der Waals surface area contributed by atoms with Crippen molar-refractivity contribution in [1.82, 2.24) is 0 Å². The highest BCUT2D eigenvalue weighted by molar-refractivity contribution is 9.10. The molecule has 0 heterocycles. The minimum absolute atomic E-state index is 0.00943. The molecule has 0 amide bonds. The van der Waals surface area contributed by atoms with Gasteiger partial charge in [0, 0.05) is 5.02 Å². The van der Waals surface area contributed by atoms with Gasteiger partial charge in [-0.25, -0.2) is 8.78 Å². The van der Waals surface area contributed by atoms with Crippen LogP contribution in [0.15, 0.2) is 34.8 Å². The molecule has 2 aromatic carbocycles. The summed E-state index contributed by atoms with van der Waals surface area (Å²) in [7, 11) is 1.34. The monoisotopic (exact) mass is 360 g/mol. The SMILES string of the molecule is COc1cc(Cl)ccc1C(=O)c1c(F)ccc(Br)c1F.